The molecule has 2 nitrogen and oxygen atoms in total. The predicted molar refractivity (Wildman–Crippen MR) is 60.8 cm³/mol. The molecule has 0 saturated heterocycles. The molecular weight excluding hydrogens is 339 g/mol. The van der Waals surface area contributed by atoms with Gasteiger partial charge in [0.25, 0.3) is 0 Å². The summed E-state index contributed by atoms with van der Waals surface area (Å²) >= 11 is 2.97. The van der Waals surface area contributed by atoms with Gasteiger partial charge in [0.1, 0.15) is 5.75 Å². The maximum Gasteiger partial charge on any atom is 0.416 e. The number of ketones is 1. The lowest BCUT2D eigenvalue weighted by Gasteiger charge is -2.12. The third kappa shape index (κ3) is 4.77. The zero-order valence-corrected chi connectivity index (χ0v) is 10.9. The van der Waals surface area contributed by atoms with Crippen LogP contribution in [0.15, 0.2) is 18.2 Å². The van der Waals surface area contributed by atoms with Gasteiger partial charge in [0.2, 0.25) is 0 Å². The summed E-state index contributed by atoms with van der Waals surface area (Å²) in [5, 5.41) is 0.257. The summed E-state index contributed by atoms with van der Waals surface area (Å²) in [6.45, 7) is -3.26. The molecule has 19 heavy (non-hydrogen) atoms. The van der Waals surface area contributed by atoms with Gasteiger partial charge in [-0.1, -0.05) is 15.9 Å². The van der Waals surface area contributed by atoms with Gasteiger partial charge in [-0.25, -0.2) is 0 Å². The van der Waals surface area contributed by atoms with E-state index in [2.05, 4.69) is 20.7 Å². The van der Waals surface area contributed by atoms with Crippen LogP contribution in [-0.4, -0.2) is 17.7 Å². The van der Waals surface area contributed by atoms with Gasteiger partial charge in [0.15, 0.2) is 5.78 Å². The summed E-state index contributed by atoms with van der Waals surface area (Å²) < 4.78 is 65.7. The van der Waals surface area contributed by atoms with E-state index in [0.717, 1.165) is 6.07 Å². The molecule has 1 rings (SSSR count). The SMILES string of the molecule is O=C(CCBr)c1cc(OC(F)F)cc(C(F)(F)F)c1. The van der Waals surface area contributed by atoms with Crippen LogP contribution in [0.25, 0.3) is 0 Å². The number of Topliss-reactive ketones (excluding diaryl/α,β-unsaturated/α-hetero) is 1. The Kier molecular flexibility index (Phi) is 5.28. The molecule has 1 aromatic carbocycles. The monoisotopic (exact) mass is 346 g/mol. The van der Waals surface area contributed by atoms with Crippen LogP contribution in [0.5, 0.6) is 5.75 Å². The minimum absolute atomic E-state index is 0.0462. The van der Waals surface area contributed by atoms with E-state index in [0.29, 0.717) is 12.1 Å². The first-order valence-electron chi connectivity index (χ1n) is 5.00. The molecular formula is C11H8BrF5O2. The van der Waals surface area contributed by atoms with E-state index in [1.807, 2.05) is 0 Å². The zero-order chi connectivity index (χ0) is 14.6. The van der Waals surface area contributed by atoms with Crippen molar-refractivity contribution >= 4 is 21.7 Å². The van der Waals surface area contributed by atoms with E-state index >= 15 is 0 Å². The van der Waals surface area contributed by atoms with E-state index in [1.54, 1.807) is 0 Å². The molecule has 0 atom stereocenters. The van der Waals surface area contributed by atoms with Crippen LogP contribution in [-0.2, 0) is 6.18 Å². The zero-order valence-electron chi connectivity index (χ0n) is 9.31. The molecule has 0 aliphatic heterocycles. The maximum atomic E-state index is 12.6. The minimum atomic E-state index is -4.75. The second-order valence-electron chi connectivity index (χ2n) is 3.48. The highest BCUT2D eigenvalue weighted by Gasteiger charge is 2.32. The van der Waals surface area contributed by atoms with Crippen LogP contribution in [0.3, 0.4) is 0 Å². The number of ether oxygens (including phenoxy) is 1. The first kappa shape index (κ1) is 15.9. The molecule has 0 aliphatic carbocycles. The Morgan fingerprint density at radius 3 is 2.37 bits per heavy atom. The smallest absolute Gasteiger partial charge is 0.416 e. The van der Waals surface area contributed by atoms with Gasteiger partial charge in [-0.3, -0.25) is 4.79 Å². The third-order valence-electron chi connectivity index (χ3n) is 2.10. The Balaban J connectivity index is 3.20. The van der Waals surface area contributed by atoms with Crippen molar-refractivity contribution < 1.29 is 31.5 Å². The van der Waals surface area contributed by atoms with E-state index in [4.69, 9.17) is 0 Å². The van der Waals surface area contributed by atoms with Gasteiger partial charge in [-0.15, -0.1) is 0 Å². The average Bonchev–Trinajstić information content (AvgIpc) is 2.26. The number of hydrogen-bond donors (Lipinski definition) is 0. The quantitative estimate of drug-likeness (QED) is 0.452. The molecule has 1 aromatic rings. The van der Waals surface area contributed by atoms with Gasteiger partial charge in [-0.05, 0) is 18.2 Å². The van der Waals surface area contributed by atoms with Crippen LogP contribution in [0.2, 0.25) is 0 Å². The van der Waals surface area contributed by atoms with Crippen LogP contribution >= 0.6 is 15.9 Å². The third-order valence-corrected chi connectivity index (χ3v) is 2.50. The Bertz CT molecular complexity index is 459. The molecule has 0 spiro atoms. The Hall–Kier alpha value is -1.18. The maximum absolute atomic E-state index is 12.6. The minimum Gasteiger partial charge on any atom is -0.435 e. The highest BCUT2D eigenvalue weighted by Crippen LogP contribution is 2.33. The highest BCUT2D eigenvalue weighted by molar-refractivity contribution is 9.09. The topological polar surface area (TPSA) is 26.3 Å². The fourth-order valence-electron chi connectivity index (χ4n) is 1.32. The number of alkyl halides is 6. The van der Waals surface area contributed by atoms with Crippen molar-refractivity contribution in [2.75, 3.05) is 5.33 Å². The fraction of sp³-hybridized carbons (Fsp3) is 0.364. The fourth-order valence-corrected chi connectivity index (χ4v) is 1.68. The number of rotatable bonds is 5. The molecule has 0 fully saturated rings. The molecule has 8 heteroatoms. The van der Waals surface area contributed by atoms with Gasteiger partial charge < -0.3 is 4.74 Å². The normalized spacial score (nSPS) is 11.7. The first-order chi connectivity index (χ1) is 8.74. The van der Waals surface area contributed by atoms with Gasteiger partial charge in [0, 0.05) is 17.3 Å². The molecule has 0 radical (unpaired) electrons. The molecule has 0 saturated carbocycles. The lowest BCUT2D eigenvalue weighted by molar-refractivity contribution is -0.138. The van der Waals surface area contributed by atoms with Crippen molar-refractivity contribution in [3.63, 3.8) is 0 Å². The summed E-state index contributed by atoms with van der Waals surface area (Å²) in [6.07, 6.45) is -4.79. The summed E-state index contributed by atoms with van der Waals surface area (Å²) in [5.74, 6) is -1.29. The van der Waals surface area contributed by atoms with Crippen LogP contribution in [0.1, 0.15) is 22.3 Å². The molecule has 0 heterocycles. The Morgan fingerprint density at radius 1 is 1.26 bits per heavy atom. The Labute approximate surface area is 113 Å². The molecule has 0 aromatic heterocycles. The van der Waals surface area contributed by atoms with Crippen molar-refractivity contribution in [2.24, 2.45) is 0 Å². The molecule has 106 valence electrons. The first-order valence-corrected chi connectivity index (χ1v) is 6.12. The molecule has 0 N–H and O–H groups in total. The molecule has 0 amide bonds. The van der Waals surface area contributed by atoms with E-state index in [1.165, 1.54) is 0 Å². The second kappa shape index (κ2) is 6.31. The number of carbonyl (C=O) groups is 1. The highest BCUT2D eigenvalue weighted by atomic mass is 79.9. The summed E-state index contributed by atoms with van der Waals surface area (Å²) in [6, 6.07) is 1.91. The standard InChI is InChI=1S/C11H8BrF5O2/c12-2-1-9(18)6-3-7(11(15,16)17)5-8(4-6)19-10(13)14/h3-5,10H,1-2H2. The number of benzene rings is 1. The van der Waals surface area contributed by atoms with Crippen molar-refractivity contribution in [1.82, 2.24) is 0 Å². The van der Waals surface area contributed by atoms with Crippen molar-refractivity contribution in [3.8, 4) is 5.75 Å². The van der Waals surface area contributed by atoms with Crippen molar-refractivity contribution in [3.05, 3.63) is 29.3 Å². The summed E-state index contributed by atoms with van der Waals surface area (Å²) in [4.78, 5) is 11.5. The van der Waals surface area contributed by atoms with Gasteiger partial charge in [-0.2, -0.15) is 22.0 Å². The van der Waals surface area contributed by atoms with Crippen molar-refractivity contribution in [2.45, 2.75) is 19.2 Å². The largest absolute Gasteiger partial charge is 0.435 e. The number of hydrogen-bond acceptors (Lipinski definition) is 2. The van der Waals surface area contributed by atoms with E-state index in [-0.39, 0.29) is 17.3 Å². The lowest BCUT2D eigenvalue weighted by atomic mass is 10.0. The van der Waals surface area contributed by atoms with Crippen LogP contribution in [0.4, 0.5) is 22.0 Å². The van der Waals surface area contributed by atoms with Crippen LogP contribution < -0.4 is 4.74 Å². The number of carbonyl (C=O) groups excluding carboxylic acids is 1. The lowest BCUT2D eigenvalue weighted by Crippen LogP contribution is -2.10. The van der Waals surface area contributed by atoms with Crippen LogP contribution in [0, 0.1) is 0 Å². The van der Waals surface area contributed by atoms with E-state index in [9.17, 15) is 26.7 Å². The van der Waals surface area contributed by atoms with E-state index < -0.39 is 29.9 Å². The molecule has 0 aliphatic rings. The summed E-state index contributed by atoms with van der Waals surface area (Å²) in [5.41, 5.74) is -1.52. The van der Waals surface area contributed by atoms with Gasteiger partial charge >= 0.3 is 12.8 Å². The van der Waals surface area contributed by atoms with Gasteiger partial charge in [0.05, 0.1) is 5.56 Å². The second-order valence-corrected chi connectivity index (χ2v) is 4.28. The number of halogens is 6. The predicted octanol–water partition coefficient (Wildman–Crippen LogP) is 4.27. The summed E-state index contributed by atoms with van der Waals surface area (Å²) in [7, 11) is 0. The van der Waals surface area contributed by atoms with Crippen molar-refractivity contribution in [1.29, 1.82) is 0 Å². The average molecular weight is 347 g/mol. The molecule has 0 unspecified atom stereocenters. The molecule has 0 bridgehead atoms. The Morgan fingerprint density at radius 2 is 1.89 bits per heavy atom.